The minimum atomic E-state index is -0.0665. The van der Waals surface area contributed by atoms with Gasteiger partial charge < -0.3 is 4.74 Å². The Morgan fingerprint density at radius 3 is 2.33 bits per heavy atom. The van der Waals surface area contributed by atoms with Crippen LogP contribution in [0.4, 0.5) is 0 Å². The normalized spacial score (nSPS) is 30.1. The van der Waals surface area contributed by atoms with Crippen LogP contribution < -0.4 is 5.32 Å². The Bertz CT molecular complexity index is 334. The summed E-state index contributed by atoms with van der Waals surface area (Å²) in [5.74, 6) is 0. The SMILES string of the molecule is CC1(C)COCC(C)(c2ccccc2)N1. The molecule has 0 aromatic heterocycles. The molecule has 82 valence electrons. The number of ether oxygens (including phenoxy) is 1. The molecule has 1 unspecified atom stereocenters. The van der Waals surface area contributed by atoms with Crippen molar-refractivity contribution in [2.45, 2.75) is 31.8 Å². The first-order valence-corrected chi connectivity index (χ1v) is 5.45. The fourth-order valence-electron chi connectivity index (χ4n) is 2.29. The third-order valence-electron chi connectivity index (χ3n) is 2.88. The lowest BCUT2D eigenvalue weighted by Gasteiger charge is -2.44. The summed E-state index contributed by atoms with van der Waals surface area (Å²) in [6.07, 6.45) is 0. The van der Waals surface area contributed by atoms with Crippen LogP contribution in [0, 0.1) is 0 Å². The molecule has 1 fully saturated rings. The maximum absolute atomic E-state index is 5.69. The van der Waals surface area contributed by atoms with E-state index >= 15 is 0 Å². The average molecular weight is 205 g/mol. The third kappa shape index (κ3) is 2.21. The number of nitrogens with one attached hydrogen (secondary N) is 1. The van der Waals surface area contributed by atoms with E-state index in [0.29, 0.717) is 0 Å². The van der Waals surface area contributed by atoms with Gasteiger partial charge in [-0.15, -0.1) is 0 Å². The van der Waals surface area contributed by atoms with Gasteiger partial charge in [-0.3, -0.25) is 5.32 Å². The second kappa shape index (κ2) is 3.62. The van der Waals surface area contributed by atoms with Crippen molar-refractivity contribution in [1.29, 1.82) is 0 Å². The fraction of sp³-hybridized carbons (Fsp3) is 0.538. The summed E-state index contributed by atoms with van der Waals surface area (Å²) in [4.78, 5) is 0. The van der Waals surface area contributed by atoms with E-state index in [2.05, 4.69) is 50.4 Å². The van der Waals surface area contributed by atoms with Crippen molar-refractivity contribution >= 4 is 0 Å². The van der Waals surface area contributed by atoms with Crippen LogP contribution in [0.25, 0.3) is 0 Å². The molecule has 1 atom stereocenters. The quantitative estimate of drug-likeness (QED) is 0.759. The molecule has 0 amide bonds. The van der Waals surface area contributed by atoms with Gasteiger partial charge in [0.15, 0.2) is 0 Å². The maximum Gasteiger partial charge on any atom is 0.0688 e. The molecular formula is C13H19NO. The molecule has 0 saturated carbocycles. The second-order valence-corrected chi connectivity index (χ2v) is 5.20. The maximum atomic E-state index is 5.69. The smallest absolute Gasteiger partial charge is 0.0688 e. The van der Waals surface area contributed by atoms with E-state index in [0.717, 1.165) is 13.2 Å². The fourth-order valence-corrected chi connectivity index (χ4v) is 2.29. The van der Waals surface area contributed by atoms with Gasteiger partial charge in [-0.25, -0.2) is 0 Å². The number of hydrogen-bond donors (Lipinski definition) is 1. The van der Waals surface area contributed by atoms with Crippen LogP contribution in [0.1, 0.15) is 26.3 Å². The summed E-state index contributed by atoms with van der Waals surface area (Å²) in [6.45, 7) is 8.06. The highest BCUT2D eigenvalue weighted by atomic mass is 16.5. The average Bonchev–Trinajstić information content (AvgIpc) is 2.17. The van der Waals surface area contributed by atoms with Gasteiger partial charge in [0.2, 0.25) is 0 Å². The van der Waals surface area contributed by atoms with Crippen LogP contribution in [0.15, 0.2) is 30.3 Å². The Labute approximate surface area is 91.6 Å². The van der Waals surface area contributed by atoms with Crippen molar-refractivity contribution in [2.24, 2.45) is 0 Å². The molecule has 15 heavy (non-hydrogen) atoms. The molecule has 2 heteroatoms. The molecule has 0 bridgehead atoms. The Balaban J connectivity index is 2.27. The highest BCUT2D eigenvalue weighted by Gasteiger charge is 2.37. The molecular weight excluding hydrogens is 186 g/mol. The predicted octanol–water partition coefficient (Wildman–Crippen LogP) is 2.30. The van der Waals surface area contributed by atoms with Gasteiger partial charge in [0.1, 0.15) is 0 Å². The van der Waals surface area contributed by atoms with Crippen molar-refractivity contribution in [3.8, 4) is 0 Å². The Morgan fingerprint density at radius 1 is 1.07 bits per heavy atom. The van der Waals surface area contributed by atoms with Crippen molar-refractivity contribution in [3.05, 3.63) is 35.9 Å². The van der Waals surface area contributed by atoms with E-state index in [4.69, 9.17) is 4.74 Å². The summed E-state index contributed by atoms with van der Waals surface area (Å²) in [5.41, 5.74) is 1.27. The molecule has 0 radical (unpaired) electrons. The molecule has 0 spiro atoms. The van der Waals surface area contributed by atoms with E-state index in [-0.39, 0.29) is 11.1 Å². The van der Waals surface area contributed by atoms with Gasteiger partial charge in [0.25, 0.3) is 0 Å². The van der Waals surface area contributed by atoms with Crippen molar-refractivity contribution in [3.63, 3.8) is 0 Å². The van der Waals surface area contributed by atoms with Crippen LogP contribution in [-0.4, -0.2) is 18.8 Å². The zero-order chi connectivity index (χ0) is 10.9. The van der Waals surface area contributed by atoms with Gasteiger partial charge in [-0.05, 0) is 26.3 Å². The van der Waals surface area contributed by atoms with Gasteiger partial charge in [0.05, 0.1) is 18.8 Å². The van der Waals surface area contributed by atoms with Gasteiger partial charge >= 0.3 is 0 Å². The third-order valence-corrected chi connectivity index (χ3v) is 2.88. The van der Waals surface area contributed by atoms with E-state index in [9.17, 15) is 0 Å². The number of hydrogen-bond acceptors (Lipinski definition) is 2. The summed E-state index contributed by atoms with van der Waals surface area (Å²) in [7, 11) is 0. The Morgan fingerprint density at radius 2 is 1.73 bits per heavy atom. The van der Waals surface area contributed by atoms with Gasteiger partial charge in [-0.1, -0.05) is 30.3 Å². The van der Waals surface area contributed by atoms with E-state index < -0.39 is 0 Å². The number of rotatable bonds is 1. The number of morpholine rings is 1. The first-order chi connectivity index (χ1) is 7.02. The molecule has 1 aromatic carbocycles. The Hall–Kier alpha value is -0.860. The molecule has 1 aromatic rings. The molecule has 2 nitrogen and oxygen atoms in total. The molecule has 2 rings (SSSR count). The van der Waals surface area contributed by atoms with Crippen LogP contribution in [0.2, 0.25) is 0 Å². The second-order valence-electron chi connectivity index (χ2n) is 5.20. The van der Waals surface area contributed by atoms with Crippen molar-refractivity contribution in [1.82, 2.24) is 5.32 Å². The monoisotopic (exact) mass is 205 g/mol. The summed E-state index contributed by atoms with van der Waals surface area (Å²) < 4.78 is 5.69. The van der Waals surface area contributed by atoms with Crippen molar-refractivity contribution in [2.75, 3.05) is 13.2 Å². The van der Waals surface area contributed by atoms with E-state index in [1.54, 1.807) is 0 Å². The topological polar surface area (TPSA) is 21.3 Å². The predicted molar refractivity (Wildman–Crippen MR) is 61.8 cm³/mol. The van der Waals surface area contributed by atoms with Crippen LogP contribution >= 0.6 is 0 Å². The zero-order valence-corrected chi connectivity index (χ0v) is 9.71. The summed E-state index contributed by atoms with van der Waals surface area (Å²) >= 11 is 0. The minimum absolute atomic E-state index is 0.0445. The van der Waals surface area contributed by atoms with Gasteiger partial charge in [0, 0.05) is 5.54 Å². The molecule has 1 saturated heterocycles. The molecule has 1 aliphatic rings. The van der Waals surface area contributed by atoms with Crippen molar-refractivity contribution < 1.29 is 4.74 Å². The summed E-state index contributed by atoms with van der Waals surface area (Å²) in [5, 5.41) is 3.66. The first kappa shape index (κ1) is 10.7. The van der Waals surface area contributed by atoms with E-state index in [1.165, 1.54) is 5.56 Å². The highest BCUT2D eigenvalue weighted by molar-refractivity contribution is 5.25. The number of benzene rings is 1. The van der Waals surface area contributed by atoms with E-state index in [1.807, 2.05) is 6.07 Å². The standard InChI is InChI=1S/C13H19NO/c1-12(2)9-15-10-13(3,14-12)11-7-5-4-6-8-11/h4-8,14H,9-10H2,1-3H3. The molecule has 1 N–H and O–H groups in total. The lowest BCUT2D eigenvalue weighted by atomic mass is 9.87. The van der Waals surface area contributed by atoms with Crippen LogP contribution in [-0.2, 0) is 10.3 Å². The minimum Gasteiger partial charge on any atom is -0.377 e. The summed E-state index contributed by atoms with van der Waals surface area (Å²) in [6, 6.07) is 10.5. The van der Waals surface area contributed by atoms with Crippen LogP contribution in [0.3, 0.4) is 0 Å². The molecule has 1 aliphatic heterocycles. The largest absolute Gasteiger partial charge is 0.377 e. The lowest BCUT2D eigenvalue weighted by Crippen LogP contribution is -2.60. The Kier molecular flexibility index (Phi) is 2.57. The van der Waals surface area contributed by atoms with Crippen LogP contribution in [0.5, 0.6) is 0 Å². The zero-order valence-electron chi connectivity index (χ0n) is 9.71. The lowest BCUT2D eigenvalue weighted by molar-refractivity contribution is -0.0264. The first-order valence-electron chi connectivity index (χ1n) is 5.45. The van der Waals surface area contributed by atoms with Gasteiger partial charge in [-0.2, -0.15) is 0 Å². The highest BCUT2D eigenvalue weighted by Crippen LogP contribution is 2.28. The molecule has 1 heterocycles. The molecule has 0 aliphatic carbocycles.